The Morgan fingerprint density at radius 3 is 2.57 bits per heavy atom. The maximum absolute atomic E-state index is 13.0. The molecule has 0 saturated heterocycles. The van der Waals surface area contributed by atoms with Crippen LogP contribution in [0.5, 0.6) is 0 Å². The molecule has 0 atom stereocenters. The zero-order chi connectivity index (χ0) is 19.6. The third kappa shape index (κ3) is 3.91. The van der Waals surface area contributed by atoms with Gasteiger partial charge in [0.25, 0.3) is 0 Å². The number of halogens is 3. The van der Waals surface area contributed by atoms with Crippen LogP contribution >= 0.6 is 0 Å². The molecule has 7 heteroatoms. The Kier molecular flexibility index (Phi) is 4.62. The van der Waals surface area contributed by atoms with Gasteiger partial charge in [-0.05, 0) is 36.3 Å². The van der Waals surface area contributed by atoms with Gasteiger partial charge in [-0.1, -0.05) is 24.1 Å². The maximum atomic E-state index is 13.0. The van der Waals surface area contributed by atoms with Gasteiger partial charge in [-0.3, -0.25) is 9.97 Å². The summed E-state index contributed by atoms with van der Waals surface area (Å²) < 4.78 is 40.1. The lowest BCUT2D eigenvalue weighted by atomic mass is 10.2. The molecule has 0 amide bonds. The minimum absolute atomic E-state index is 0.291. The quantitative estimate of drug-likeness (QED) is 0.528. The Labute approximate surface area is 159 Å². The van der Waals surface area contributed by atoms with Crippen LogP contribution in [0.1, 0.15) is 5.69 Å². The summed E-state index contributed by atoms with van der Waals surface area (Å²) in [5.41, 5.74) is 3.22. The number of hydrogen-bond acceptors (Lipinski definition) is 3. The number of alkyl halides is 3. The van der Waals surface area contributed by atoms with Crippen LogP contribution in [0.3, 0.4) is 0 Å². The molecule has 0 spiro atoms. The molecule has 2 aromatic heterocycles. The summed E-state index contributed by atoms with van der Waals surface area (Å²) >= 11 is 0. The lowest BCUT2D eigenvalue weighted by Gasteiger charge is -2.10. The standard InChI is InChI=1S/C21H15F3N4/c22-21(23,24)14-28-17(12-15-4-1-2-6-20(15)28)5-3-9-25-16-7-8-18-19(13-16)27-11-10-26-18/h1-2,4,6-8,10-13,25H,9,14H2. The predicted octanol–water partition coefficient (Wildman–Crippen LogP) is 4.61. The van der Waals surface area contributed by atoms with E-state index in [4.69, 9.17) is 0 Å². The largest absolute Gasteiger partial charge is 0.406 e. The second-order valence-electron chi connectivity index (χ2n) is 6.20. The zero-order valence-electron chi connectivity index (χ0n) is 14.7. The number of fused-ring (bicyclic) bond motifs is 2. The number of para-hydroxylation sites is 1. The first kappa shape index (κ1) is 17.9. The molecule has 0 unspecified atom stereocenters. The number of anilines is 1. The van der Waals surface area contributed by atoms with Crippen LogP contribution in [0.15, 0.2) is 60.9 Å². The maximum Gasteiger partial charge on any atom is 0.406 e. The average molecular weight is 380 g/mol. The van der Waals surface area contributed by atoms with E-state index >= 15 is 0 Å². The second-order valence-corrected chi connectivity index (χ2v) is 6.20. The van der Waals surface area contributed by atoms with Crippen LogP contribution in [-0.2, 0) is 6.54 Å². The first-order valence-electron chi connectivity index (χ1n) is 8.58. The zero-order valence-corrected chi connectivity index (χ0v) is 14.7. The van der Waals surface area contributed by atoms with E-state index in [2.05, 4.69) is 27.1 Å². The molecule has 28 heavy (non-hydrogen) atoms. The van der Waals surface area contributed by atoms with Crippen molar-refractivity contribution in [3.8, 4) is 11.8 Å². The van der Waals surface area contributed by atoms with Gasteiger partial charge in [-0.2, -0.15) is 13.2 Å². The predicted molar refractivity (Wildman–Crippen MR) is 103 cm³/mol. The fraction of sp³-hybridized carbons (Fsp3) is 0.143. The van der Waals surface area contributed by atoms with Gasteiger partial charge in [0.2, 0.25) is 0 Å². The fourth-order valence-corrected chi connectivity index (χ4v) is 3.02. The molecular weight excluding hydrogens is 365 g/mol. The van der Waals surface area contributed by atoms with Crippen LogP contribution in [0.2, 0.25) is 0 Å². The highest BCUT2D eigenvalue weighted by Crippen LogP contribution is 2.25. The lowest BCUT2D eigenvalue weighted by Crippen LogP contribution is -2.18. The second kappa shape index (κ2) is 7.24. The third-order valence-corrected chi connectivity index (χ3v) is 4.21. The van der Waals surface area contributed by atoms with E-state index < -0.39 is 12.7 Å². The van der Waals surface area contributed by atoms with Crippen molar-refractivity contribution in [2.75, 3.05) is 11.9 Å². The molecule has 0 aliphatic carbocycles. The van der Waals surface area contributed by atoms with Gasteiger partial charge < -0.3 is 9.88 Å². The van der Waals surface area contributed by atoms with E-state index in [1.807, 2.05) is 18.2 Å². The van der Waals surface area contributed by atoms with E-state index in [1.54, 1.807) is 42.7 Å². The van der Waals surface area contributed by atoms with Gasteiger partial charge in [0.1, 0.15) is 6.54 Å². The van der Waals surface area contributed by atoms with Crippen molar-refractivity contribution in [1.82, 2.24) is 14.5 Å². The van der Waals surface area contributed by atoms with Crippen molar-refractivity contribution >= 4 is 27.6 Å². The Hall–Kier alpha value is -3.53. The molecule has 4 rings (SSSR count). The minimum atomic E-state index is -4.32. The van der Waals surface area contributed by atoms with Crippen molar-refractivity contribution in [1.29, 1.82) is 0 Å². The van der Waals surface area contributed by atoms with Crippen LogP contribution in [0.25, 0.3) is 21.9 Å². The fourth-order valence-electron chi connectivity index (χ4n) is 3.02. The molecule has 0 bridgehead atoms. The number of aromatic nitrogens is 3. The molecule has 4 nitrogen and oxygen atoms in total. The molecule has 4 aromatic rings. The van der Waals surface area contributed by atoms with Crippen molar-refractivity contribution in [3.63, 3.8) is 0 Å². The van der Waals surface area contributed by atoms with Crippen LogP contribution in [-0.4, -0.2) is 27.3 Å². The van der Waals surface area contributed by atoms with Crippen LogP contribution in [0.4, 0.5) is 18.9 Å². The van der Waals surface area contributed by atoms with Crippen molar-refractivity contribution in [3.05, 3.63) is 66.6 Å². The summed E-state index contributed by atoms with van der Waals surface area (Å²) in [6.07, 6.45) is -1.07. The molecular formula is C21H15F3N4. The Morgan fingerprint density at radius 2 is 1.75 bits per heavy atom. The van der Waals surface area contributed by atoms with E-state index in [9.17, 15) is 13.2 Å². The monoisotopic (exact) mass is 380 g/mol. The van der Waals surface area contributed by atoms with E-state index in [0.29, 0.717) is 17.8 Å². The molecule has 140 valence electrons. The van der Waals surface area contributed by atoms with E-state index in [0.717, 1.165) is 22.1 Å². The number of nitrogens with one attached hydrogen (secondary N) is 1. The SMILES string of the molecule is FC(F)(F)Cn1c(C#CCNc2ccc3nccnc3c2)cc2ccccc21. The molecule has 0 aliphatic heterocycles. The smallest absolute Gasteiger partial charge is 0.374 e. The van der Waals surface area contributed by atoms with Crippen LogP contribution < -0.4 is 5.32 Å². The average Bonchev–Trinajstić information content (AvgIpc) is 3.01. The number of benzene rings is 2. The molecule has 0 fully saturated rings. The molecule has 2 heterocycles. The Balaban J connectivity index is 1.55. The van der Waals surface area contributed by atoms with Crippen molar-refractivity contribution in [2.24, 2.45) is 0 Å². The van der Waals surface area contributed by atoms with E-state index in [-0.39, 0.29) is 0 Å². The molecule has 1 N–H and O–H groups in total. The first-order valence-corrected chi connectivity index (χ1v) is 8.58. The molecule has 2 aromatic carbocycles. The number of nitrogens with zero attached hydrogens (tertiary/aromatic N) is 3. The molecule has 0 radical (unpaired) electrons. The van der Waals surface area contributed by atoms with E-state index in [1.165, 1.54) is 4.57 Å². The van der Waals surface area contributed by atoms with Gasteiger partial charge in [-0.15, -0.1) is 0 Å². The molecule has 0 aliphatic rings. The van der Waals surface area contributed by atoms with Gasteiger partial charge >= 0.3 is 6.18 Å². The summed E-state index contributed by atoms with van der Waals surface area (Å²) in [5.74, 6) is 5.76. The summed E-state index contributed by atoms with van der Waals surface area (Å²) in [5, 5.41) is 3.87. The van der Waals surface area contributed by atoms with Crippen molar-refractivity contribution in [2.45, 2.75) is 12.7 Å². The summed E-state index contributed by atoms with van der Waals surface area (Å²) in [6, 6.07) is 14.2. The highest BCUT2D eigenvalue weighted by Gasteiger charge is 2.29. The highest BCUT2D eigenvalue weighted by molar-refractivity contribution is 5.82. The number of rotatable bonds is 3. The third-order valence-electron chi connectivity index (χ3n) is 4.21. The normalized spacial score (nSPS) is 11.4. The van der Waals surface area contributed by atoms with Gasteiger partial charge in [0.15, 0.2) is 0 Å². The van der Waals surface area contributed by atoms with Gasteiger partial charge in [0, 0.05) is 29.0 Å². The molecule has 0 saturated carbocycles. The van der Waals surface area contributed by atoms with Gasteiger partial charge in [0.05, 0.1) is 23.3 Å². The summed E-state index contributed by atoms with van der Waals surface area (Å²) in [4.78, 5) is 8.44. The number of hydrogen-bond donors (Lipinski definition) is 1. The topological polar surface area (TPSA) is 42.7 Å². The van der Waals surface area contributed by atoms with Crippen LogP contribution in [0, 0.1) is 11.8 Å². The lowest BCUT2D eigenvalue weighted by molar-refractivity contribution is -0.140. The Bertz CT molecular complexity index is 1200. The first-order chi connectivity index (χ1) is 13.5. The summed E-state index contributed by atoms with van der Waals surface area (Å²) in [6.45, 7) is -0.777. The van der Waals surface area contributed by atoms with Gasteiger partial charge in [-0.25, -0.2) is 0 Å². The summed E-state index contributed by atoms with van der Waals surface area (Å²) in [7, 11) is 0. The van der Waals surface area contributed by atoms with Crippen molar-refractivity contribution < 1.29 is 13.2 Å². The Morgan fingerprint density at radius 1 is 0.964 bits per heavy atom. The highest BCUT2D eigenvalue weighted by atomic mass is 19.4. The minimum Gasteiger partial charge on any atom is -0.374 e.